The molecule has 0 heterocycles. The number of urea groups is 2. The number of hydrogen-bond donors (Lipinski definition) is 0. The summed E-state index contributed by atoms with van der Waals surface area (Å²) in [6.07, 6.45) is 0. The van der Waals surface area contributed by atoms with Crippen molar-refractivity contribution < 1.29 is 14.0 Å². The molecule has 0 spiro atoms. The van der Waals surface area contributed by atoms with Gasteiger partial charge in [0.05, 0.1) is 5.88 Å². The van der Waals surface area contributed by atoms with E-state index in [-0.39, 0.29) is 11.9 Å². The first kappa shape index (κ1) is 19.2. The van der Waals surface area contributed by atoms with Crippen molar-refractivity contribution in [2.24, 2.45) is 4.99 Å². The van der Waals surface area contributed by atoms with Crippen LogP contribution < -0.4 is 0 Å². The van der Waals surface area contributed by atoms with Crippen LogP contribution in [0.2, 0.25) is 0 Å². The Bertz CT molecular complexity index is 549. The maximum atomic E-state index is 13.0. The van der Waals surface area contributed by atoms with E-state index < -0.39 is 12.1 Å². The summed E-state index contributed by atoms with van der Waals surface area (Å²) in [7, 11) is 0. The van der Waals surface area contributed by atoms with Crippen LogP contribution in [0.5, 0.6) is 0 Å². The zero-order chi connectivity index (χ0) is 17.4. The van der Waals surface area contributed by atoms with Crippen LogP contribution in [-0.2, 0) is 6.54 Å². The Labute approximate surface area is 140 Å². The van der Waals surface area contributed by atoms with Gasteiger partial charge in [-0.2, -0.15) is 0 Å². The highest BCUT2D eigenvalue weighted by Gasteiger charge is 2.28. The lowest BCUT2D eigenvalue weighted by atomic mass is 10.2. The quantitative estimate of drug-likeness (QED) is 0.582. The van der Waals surface area contributed by atoms with Crippen LogP contribution in [0.25, 0.3) is 0 Å². The molecule has 7 heteroatoms. The van der Waals surface area contributed by atoms with Gasteiger partial charge in [0, 0.05) is 12.6 Å². The van der Waals surface area contributed by atoms with Gasteiger partial charge in [0.1, 0.15) is 5.82 Å². The molecular formula is C16H22FN3O2S. The van der Waals surface area contributed by atoms with Gasteiger partial charge in [-0.15, -0.1) is 11.8 Å². The van der Waals surface area contributed by atoms with Crippen molar-refractivity contribution in [2.45, 2.75) is 33.4 Å². The van der Waals surface area contributed by atoms with Crippen LogP contribution in [0.3, 0.4) is 0 Å². The molecule has 1 rings (SSSR count). The lowest BCUT2D eigenvalue weighted by Crippen LogP contribution is -2.48. The van der Waals surface area contributed by atoms with Crippen molar-refractivity contribution >= 4 is 30.5 Å². The first-order valence-corrected chi connectivity index (χ1v) is 8.47. The molecule has 1 aromatic carbocycles. The average Bonchev–Trinajstić information content (AvgIpc) is 2.52. The van der Waals surface area contributed by atoms with Crippen molar-refractivity contribution in [2.75, 3.05) is 11.6 Å². The number of nitrogens with zero attached hydrogens (tertiary/aromatic N) is 3. The summed E-state index contributed by atoms with van der Waals surface area (Å²) in [6.45, 7) is 8.96. The molecule has 1 aromatic rings. The molecule has 0 aliphatic carbocycles. The number of rotatable bonds is 6. The minimum absolute atomic E-state index is 0.291. The highest BCUT2D eigenvalue weighted by Crippen LogP contribution is 2.15. The van der Waals surface area contributed by atoms with Crippen LogP contribution in [0, 0.1) is 5.82 Å². The molecule has 0 unspecified atom stereocenters. The minimum Gasteiger partial charge on any atom is -0.311 e. The van der Waals surface area contributed by atoms with E-state index in [9.17, 15) is 14.0 Å². The van der Waals surface area contributed by atoms with Gasteiger partial charge in [-0.1, -0.05) is 19.1 Å². The fourth-order valence-corrected chi connectivity index (χ4v) is 2.54. The van der Waals surface area contributed by atoms with Gasteiger partial charge >= 0.3 is 12.1 Å². The van der Waals surface area contributed by atoms with Crippen molar-refractivity contribution in [1.29, 1.82) is 0 Å². The Balaban J connectivity index is 2.98. The summed E-state index contributed by atoms with van der Waals surface area (Å²) in [5.74, 6) is 0.937. The number of halogens is 1. The Morgan fingerprint density at radius 1 is 1.30 bits per heavy atom. The Morgan fingerprint density at radius 3 is 2.39 bits per heavy atom. The molecule has 0 saturated carbocycles. The largest absolute Gasteiger partial charge is 0.351 e. The van der Waals surface area contributed by atoms with Gasteiger partial charge in [-0.05, 0) is 44.0 Å². The summed E-state index contributed by atoms with van der Waals surface area (Å²) < 4.78 is 13.0. The topological polar surface area (TPSA) is 53.0 Å². The number of hydrogen-bond acceptors (Lipinski definition) is 3. The van der Waals surface area contributed by atoms with E-state index in [4.69, 9.17) is 0 Å². The maximum absolute atomic E-state index is 13.0. The molecule has 0 N–H and O–H groups in total. The van der Waals surface area contributed by atoms with E-state index in [2.05, 4.69) is 11.7 Å². The van der Waals surface area contributed by atoms with E-state index in [1.165, 1.54) is 12.1 Å². The highest BCUT2D eigenvalue weighted by molar-refractivity contribution is 7.99. The van der Waals surface area contributed by atoms with Crippen LogP contribution >= 0.6 is 11.8 Å². The molecule has 5 nitrogen and oxygen atoms in total. The number of carbonyl (C=O) groups is 2. The number of imide groups is 1. The molecule has 0 radical (unpaired) electrons. The molecule has 0 aromatic heterocycles. The van der Waals surface area contributed by atoms with Crippen LogP contribution in [0.1, 0.15) is 26.3 Å². The second-order valence-electron chi connectivity index (χ2n) is 5.13. The maximum Gasteiger partial charge on any atom is 0.351 e. The van der Waals surface area contributed by atoms with Gasteiger partial charge in [0.25, 0.3) is 0 Å². The van der Waals surface area contributed by atoms with Crippen LogP contribution in [0.4, 0.5) is 14.0 Å². The Morgan fingerprint density at radius 2 is 1.91 bits per heavy atom. The molecular weight excluding hydrogens is 317 g/mol. The van der Waals surface area contributed by atoms with Crippen molar-refractivity contribution in [3.8, 4) is 0 Å². The Kier molecular flexibility index (Phi) is 7.74. The normalized spacial score (nSPS) is 10.5. The standard InChI is InChI=1S/C16H22FN3O2S/c1-5-23-11-19(10-13-6-8-14(17)9-7-13)16(22)20(12(2)3)15(21)18-4/h6-9,12H,4-5,10-11H2,1-3H3. The van der Waals surface area contributed by atoms with Crippen LogP contribution in [-0.4, -0.2) is 46.3 Å². The lowest BCUT2D eigenvalue weighted by Gasteiger charge is -2.30. The molecule has 0 bridgehead atoms. The number of thioether (sulfide) groups is 1. The van der Waals surface area contributed by atoms with Crippen molar-refractivity contribution in [3.63, 3.8) is 0 Å². The van der Waals surface area contributed by atoms with Gasteiger partial charge in [0.2, 0.25) is 0 Å². The average molecular weight is 339 g/mol. The summed E-state index contributed by atoms with van der Waals surface area (Å²) in [4.78, 5) is 30.5. The van der Waals surface area contributed by atoms with E-state index in [1.807, 2.05) is 6.92 Å². The number of amides is 4. The molecule has 0 aliphatic rings. The third-order valence-electron chi connectivity index (χ3n) is 3.07. The van der Waals surface area contributed by atoms with Gasteiger partial charge < -0.3 is 4.90 Å². The SMILES string of the molecule is C=NC(=O)N(C(=O)N(CSCC)Cc1ccc(F)cc1)C(C)C. The summed E-state index contributed by atoms with van der Waals surface area (Å²) in [6, 6.07) is 4.52. The molecule has 0 fully saturated rings. The molecule has 4 amide bonds. The molecule has 126 valence electrons. The molecule has 0 saturated heterocycles. The highest BCUT2D eigenvalue weighted by atomic mass is 32.2. The number of benzene rings is 1. The zero-order valence-electron chi connectivity index (χ0n) is 13.7. The predicted molar refractivity (Wildman–Crippen MR) is 92.3 cm³/mol. The van der Waals surface area contributed by atoms with Gasteiger partial charge in [0.15, 0.2) is 0 Å². The van der Waals surface area contributed by atoms with E-state index in [0.29, 0.717) is 12.4 Å². The van der Waals surface area contributed by atoms with E-state index >= 15 is 0 Å². The van der Waals surface area contributed by atoms with E-state index in [1.54, 1.807) is 42.6 Å². The smallest absolute Gasteiger partial charge is 0.311 e. The first-order valence-electron chi connectivity index (χ1n) is 7.31. The Hall–Kier alpha value is -1.89. The van der Waals surface area contributed by atoms with Gasteiger partial charge in [-0.25, -0.2) is 23.9 Å². The number of aliphatic imine (C=N–C) groups is 1. The van der Waals surface area contributed by atoms with Crippen molar-refractivity contribution in [1.82, 2.24) is 9.80 Å². The monoisotopic (exact) mass is 339 g/mol. The fraction of sp³-hybridized carbons (Fsp3) is 0.438. The number of carbonyl (C=O) groups excluding carboxylic acids is 2. The zero-order valence-corrected chi connectivity index (χ0v) is 14.5. The first-order chi connectivity index (χ1) is 10.9. The molecule has 0 atom stereocenters. The third-order valence-corrected chi connectivity index (χ3v) is 3.97. The second-order valence-corrected chi connectivity index (χ2v) is 6.38. The molecule has 0 aliphatic heterocycles. The van der Waals surface area contributed by atoms with Crippen molar-refractivity contribution in [3.05, 3.63) is 35.6 Å². The third kappa shape index (κ3) is 5.67. The van der Waals surface area contributed by atoms with E-state index in [0.717, 1.165) is 16.2 Å². The summed E-state index contributed by atoms with van der Waals surface area (Å²) in [5.41, 5.74) is 0.791. The second kappa shape index (κ2) is 9.29. The lowest BCUT2D eigenvalue weighted by molar-refractivity contribution is 0.152. The predicted octanol–water partition coefficient (Wildman–Crippen LogP) is 3.99. The summed E-state index contributed by atoms with van der Waals surface area (Å²) >= 11 is 1.56. The minimum atomic E-state index is -0.671. The molecule has 23 heavy (non-hydrogen) atoms. The van der Waals surface area contributed by atoms with Crippen LogP contribution in [0.15, 0.2) is 29.3 Å². The summed E-state index contributed by atoms with van der Waals surface area (Å²) in [5, 5.41) is 0. The van der Waals surface area contributed by atoms with Gasteiger partial charge in [-0.3, -0.25) is 0 Å². The fourth-order valence-electron chi connectivity index (χ4n) is 1.93.